The van der Waals surface area contributed by atoms with Crippen LogP contribution in [0.4, 0.5) is 0 Å². The van der Waals surface area contributed by atoms with E-state index < -0.39 is 5.54 Å². The Labute approximate surface area is 102 Å². The Hall–Kier alpha value is -0.260. The van der Waals surface area contributed by atoms with Crippen molar-refractivity contribution >= 4 is 17.7 Å². The number of carbonyl (C=O) groups is 1. The highest BCUT2D eigenvalue weighted by Crippen LogP contribution is 2.36. The summed E-state index contributed by atoms with van der Waals surface area (Å²) in [7, 11) is 5.52. The van der Waals surface area contributed by atoms with Gasteiger partial charge in [-0.25, -0.2) is 0 Å². The van der Waals surface area contributed by atoms with Crippen LogP contribution in [0.2, 0.25) is 0 Å². The maximum absolute atomic E-state index is 11.9. The number of nitrogens with zero attached hydrogens (tertiary/aromatic N) is 1. The number of methoxy groups -OCH3 is 1. The van der Waals surface area contributed by atoms with Crippen LogP contribution in [0.3, 0.4) is 0 Å². The summed E-state index contributed by atoms with van der Waals surface area (Å²) in [6, 6.07) is 0. The molecule has 1 saturated heterocycles. The van der Waals surface area contributed by atoms with E-state index in [-0.39, 0.29) is 11.2 Å². The Morgan fingerprint density at radius 1 is 1.62 bits per heavy atom. The second kappa shape index (κ2) is 5.89. The van der Waals surface area contributed by atoms with Crippen molar-refractivity contribution in [3.63, 3.8) is 0 Å². The molecule has 0 aromatic rings. The molecule has 2 unspecified atom stereocenters. The Kier molecular flexibility index (Phi) is 5.08. The van der Waals surface area contributed by atoms with Gasteiger partial charge in [0.05, 0.1) is 7.11 Å². The lowest BCUT2D eigenvalue weighted by molar-refractivity contribution is -0.148. The van der Waals surface area contributed by atoms with Crippen LogP contribution in [0.5, 0.6) is 0 Å². The van der Waals surface area contributed by atoms with E-state index in [1.165, 1.54) is 7.11 Å². The standard InChI is InChI=1S/C11H22N2O2S/c1-9-11(5-8-16-9,10(14)15-4)12-6-7-13(2)3/h9,12H,5-8H2,1-4H3. The summed E-state index contributed by atoms with van der Waals surface area (Å²) in [4.78, 5) is 14.0. The van der Waals surface area contributed by atoms with Gasteiger partial charge in [0.15, 0.2) is 0 Å². The van der Waals surface area contributed by atoms with Gasteiger partial charge in [0.25, 0.3) is 0 Å². The van der Waals surface area contributed by atoms with E-state index in [1.54, 1.807) is 0 Å². The van der Waals surface area contributed by atoms with Gasteiger partial charge in [0, 0.05) is 18.3 Å². The average molecular weight is 246 g/mol. The van der Waals surface area contributed by atoms with E-state index in [0.29, 0.717) is 0 Å². The zero-order valence-electron chi connectivity index (χ0n) is 10.6. The zero-order chi connectivity index (χ0) is 12.2. The highest BCUT2D eigenvalue weighted by Gasteiger charge is 2.48. The monoisotopic (exact) mass is 246 g/mol. The third-order valence-electron chi connectivity index (χ3n) is 3.11. The van der Waals surface area contributed by atoms with Crippen molar-refractivity contribution in [1.29, 1.82) is 0 Å². The SMILES string of the molecule is COC(=O)C1(NCCN(C)C)CCSC1C. The molecule has 4 nitrogen and oxygen atoms in total. The lowest BCUT2D eigenvalue weighted by Gasteiger charge is -2.31. The number of ether oxygens (including phenoxy) is 1. The van der Waals surface area contributed by atoms with Crippen molar-refractivity contribution in [3.8, 4) is 0 Å². The number of rotatable bonds is 5. The summed E-state index contributed by atoms with van der Waals surface area (Å²) in [5, 5.41) is 3.67. The van der Waals surface area contributed by atoms with Crippen molar-refractivity contribution in [2.24, 2.45) is 0 Å². The van der Waals surface area contributed by atoms with E-state index in [0.717, 1.165) is 25.3 Å². The number of hydrogen-bond donors (Lipinski definition) is 1. The topological polar surface area (TPSA) is 41.6 Å². The molecule has 0 radical (unpaired) electrons. The molecule has 0 bridgehead atoms. The van der Waals surface area contributed by atoms with Crippen molar-refractivity contribution in [2.45, 2.75) is 24.1 Å². The third kappa shape index (κ3) is 2.90. The maximum atomic E-state index is 11.9. The molecule has 5 heteroatoms. The lowest BCUT2D eigenvalue weighted by atomic mass is 9.92. The molecule has 0 aromatic heterocycles. The predicted octanol–water partition coefficient (Wildman–Crippen LogP) is 0.575. The molecule has 94 valence electrons. The number of esters is 1. The normalized spacial score (nSPS) is 29.7. The summed E-state index contributed by atoms with van der Waals surface area (Å²) < 4.78 is 4.94. The molecule has 1 fully saturated rings. The van der Waals surface area contributed by atoms with Gasteiger partial charge in [-0.3, -0.25) is 10.1 Å². The van der Waals surface area contributed by atoms with Gasteiger partial charge in [0.1, 0.15) is 5.54 Å². The second-order valence-corrected chi connectivity index (χ2v) is 5.90. The minimum Gasteiger partial charge on any atom is -0.468 e. The molecule has 0 saturated carbocycles. The van der Waals surface area contributed by atoms with Gasteiger partial charge >= 0.3 is 5.97 Å². The Balaban J connectivity index is 2.61. The largest absolute Gasteiger partial charge is 0.468 e. The predicted molar refractivity (Wildman–Crippen MR) is 67.8 cm³/mol. The van der Waals surface area contributed by atoms with Gasteiger partial charge in [0.2, 0.25) is 0 Å². The number of hydrogen-bond acceptors (Lipinski definition) is 5. The smallest absolute Gasteiger partial charge is 0.327 e. The molecular weight excluding hydrogens is 224 g/mol. The molecule has 1 N–H and O–H groups in total. The molecule has 1 rings (SSSR count). The first-order chi connectivity index (χ1) is 7.53. The molecule has 1 aliphatic rings. The number of likely N-dealkylation sites (N-methyl/N-ethyl adjacent to an activating group) is 1. The molecule has 0 spiro atoms. The summed E-state index contributed by atoms with van der Waals surface area (Å²) in [6.45, 7) is 3.83. The number of carbonyl (C=O) groups excluding carboxylic acids is 1. The van der Waals surface area contributed by atoms with E-state index in [9.17, 15) is 4.79 Å². The highest BCUT2D eigenvalue weighted by molar-refractivity contribution is 8.00. The first-order valence-corrected chi connectivity index (χ1v) is 6.67. The van der Waals surface area contributed by atoms with Crippen LogP contribution in [-0.4, -0.2) is 61.7 Å². The highest BCUT2D eigenvalue weighted by atomic mass is 32.2. The van der Waals surface area contributed by atoms with E-state index in [1.807, 2.05) is 25.9 Å². The Morgan fingerprint density at radius 2 is 2.31 bits per heavy atom. The van der Waals surface area contributed by atoms with E-state index >= 15 is 0 Å². The third-order valence-corrected chi connectivity index (χ3v) is 4.45. The van der Waals surface area contributed by atoms with Crippen LogP contribution >= 0.6 is 11.8 Å². The first kappa shape index (κ1) is 13.8. The molecule has 0 amide bonds. The van der Waals surface area contributed by atoms with Crippen molar-refractivity contribution < 1.29 is 9.53 Å². The van der Waals surface area contributed by atoms with E-state index in [2.05, 4.69) is 17.1 Å². The van der Waals surface area contributed by atoms with Crippen LogP contribution in [0.15, 0.2) is 0 Å². The fourth-order valence-corrected chi connectivity index (χ4v) is 3.37. The minimum absolute atomic E-state index is 0.122. The lowest BCUT2D eigenvalue weighted by Crippen LogP contribution is -2.57. The van der Waals surface area contributed by atoms with Gasteiger partial charge in [-0.1, -0.05) is 6.92 Å². The summed E-state index contributed by atoms with van der Waals surface area (Å²) in [5.74, 6) is 0.898. The van der Waals surface area contributed by atoms with Crippen LogP contribution < -0.4 is 5.32 Å². The number of nitrogens with one attached hydrogen (secondary N) is 1. The Morgan fingerprint density at radius 3 is 2.75 bits per heavy atom. The Bertz CT molecular complexity index is 248. The molecule has 1 aliphatic heterocycles. The summed E-state index contributed by atoms with van der Waals surface area (Å²) in [5.41, 5.74) is -0.477. The van der Waals surface area contributed by atoms with Crippen molar-refractivity contribution in [1.82, 2.24) is 10.2 Å². The average Bonchev–Trinajstić information content (AvgIpc) is 2.60. The maximum Gasteiger partial charge on any atom is 0.327 e. The molecule has 1 heterocycles. The zero-order valence-corrected chi connectivity index (χ0v) is 11.4. The first-order valence-electron chi connectivity index (χ1n) is 5.62. The van der Waals surface area contributed by atoms with Crippen LogP contribution in [0.1, 0.15) is 13.3 Å². The van der Waals surface area contributed by atoms with E-state index in [4.69, 9.17) is 4.74 Å². The number of thioether (sulfide) groups is 1. The van der Waals surface area contributed by atoms with Gasteiger partial charge < -0.3 is 9.64 Å². The van der Waals surface area contributed by atoms with Crippen LogP contribution in [0, 0.1) is 0 Å². The molecular formula is C11H22N2O2S. The van der Waals surface area contributed by atoms with Gasteiger partial charge in [-0.15, -0.1) is 0 Å². The fraction of sp³-hybridized carbons (Fsp3) is 0.909. The van der Waals surface area contributed by atoms with Gasteiger partial charge in [-0.2, -0.15) is 11.8 Å². The molecule has 0 aliphatic carbocycles. The molecule has 16 heavy (non-hydrogen) atoms. The molecule has 0 aromatic carbocycles. The summed E-state index contributed by atoms with van der Waals surface area (Å²) in [6.07, 6.45) is 0.860. The van der Waals surface area contributed by atoms with Gasteiger partial charge in [-0.05, 0) is 26.3 Å². The summed E-state index contributed by atoms with van der Waals surface area (Å²) >= 11 is 1.83. The second-order valence-electron chi connectivity index (χ2n) is 4.46. The van der Waals surface area contributed by atoms with Crippen LogP contribution in [0.25, 0.3) is 0 Å². The van der Waals surface area contributed by atoms with Crippen molar-refractivity contribution in [2.75, 3.05) is 40.0 Å². The quantitative estimate of drug-likeness (QED) is 0.719. The molecule has 2 atom stereocenters. The van der Waals surface area contributed by atoms with Crippen LogP contribution in [-0.2, 0) is 9.53 Å². The van der Waals surface area contributed by atoms with Crippen molar-refractivity contribution in [3.05, 3.63) is 0 Å². The minimum atomic E-state index is -0.477. The fourth-order valence-electron chi connectivity index (χ4n) is 2.00.